The van der Waals surface area contributed by atoms with Gasteiger partial charge in [0.25, 0.3) is 0 Å². The molecule has 19 heavy (non-hydrogen) atoms. The monoisotopic (exact) mass is 263 g/mol. The van der Waals surface area contributed by atoms with E-state index in [-0.39, 0.29) is 0 Å². The van der Waals surface area contributed by atoms with Crippen molar-refractivity contribution in [2.24, 2.45) is 5.92 Å². The normalized spacial score (nSPS) is 19.1. The summed E-state index contributed by atoms with van der Waals surface area (Å²) < 4.78 is 5.44. The Labute approximate surface area is 116 Å². The number of rotatable bonds is 6. The number of aromatic nitrogens is 1. The summed E-state index contributed by atoms with van der Waals surface area (Å²) in [4.78, 5) is 6.96. The van der Waals surface area contributed by atoms with Gasteiger partial charge in [-0.15, -0.1) is 0 Å². The zero-order chi connectivity index (χ0) is 13.7. The summed E-state index contributed by atoms with van der Waals surface area (Å²) in [6.45, 7) is 7.97. The molecule has 1 aliphatic heterocycles. The molecule has 1 saturated heterocycles. The molecule has 1 N–H and O–H groups in total. The van der Waals surface area contributed by atoms with Crippen LogP contribution < -0.4 is 10.2 Å². The van der Waals surface area contributed by atoms with E-state index in [2.05, 4.69) is 49.3 Å². The molecule has 0 aromatic carbocycles. The Hall–Kier alpha value is -1.13. The van der Waals surface area contributed by atoms with Crippen LogP contribution in [0.25, 0.3) is 0 Å². The first-order valence-electron chi connectivity index (χ1n) is 7.14. The van der Waals surface area contributed by atoms with Crippen LogP contribution in [0.1, 0.15) is 26.0 Å². The van der Waals surface area contributed by atoms with Crippen molar-refractivity contribution in [1.82, 2.24) is 10.3 Å². The van der Waals surface area contributed by atoms with Gasteiger partial charge >= 0.3 is 0 Å². The molecule has 1 aromatic heterocycles. The van der Waals surface area contributed by atoms with Gasteiger partial charge in [0.05, 0.1) is 18.3 Å². The molecule has 1 fully saturated rings. The Bertz CT molecular complexity index is 389. The van der Waals surface area contributed by atoms with Crippen LogP contribution in [-0.2, 0) is 11.3 Å². The highest BCUT2D eigenvalue weighted by atomic mass is 16.5. The molecule has 0 saturated carbocycles. The summed E-state index contributed by atoms with van der Waals surface area (Å²) in [6.07, 6.45) is 1.09. The van der Waals surface area contributed by atoms with Gasteiger partial charge < -0.3 is 15.0 Å². The molecule has 1 aromatic rings. The van der Waals surface area contributed by atoms with Gasteiger partial charge in [0.2, 0.25) is 0 Å². The average Bonchev–Trinajstić information content (AvgIpc) is 2.91. The van der Waals surface area contributed by atoms with E-state index in [1.165, 1.54) is 0 Å². The molecule has 0 aliphatic carbocycles. The van der Waals surface area contributed by atoms with Crippen molar-refractivity contribution in [1.29, 1.82) is 0 Å². The second-order valence-corrected chi connectivity index (χ2v) is 5.64. The first-order valence-corrected chi connectivity index (χ1v) is 7.14. The molecular formula is C15H25N3O. The van der Waals surface area contributed by atoms with Gasteiger partial charge in [-0.2, -0.15) is 0 Å². The minimum Gasteiger partial charge on any atom is -0.379 e. The minimum atomic E-state index is 0.464. The molecule has 0 amide bonds. The van der Waals surface area contributed by atoms with Crippen LogP contribution >= 0.6 is 0 Å². The van der Waals surface area contributed by atoms with Crippen molar-refractivity contribution < 1.29 is 4.74 Å². The molecule has 1 unspecified atom stereocenters. The Balaban J connectivity index is 1.94. The largest absolute Gasteiger partial charge is 0.379 e. The average molecular weight is 263 g/mol. The van der Waals surface area contributed by atoms with E-state index in [9.17, 15) is 0 Å². The lowest BCUT2D eigenvalue weighted by molar-refractivity contribution is 0.193. The van der Waals surface area contributed by atoms with Crippen molar-refractivity contribution >= 4 is 5.82 Å². The van der Waals surface area contributed by atoms with Gasteiger partial charge in [-0.25, -0.2) is 4.98 Å². The fourth-order valence-corrected chi connectivity index (χ4v) is 2.27. The smallest absolute Gasteiger partial charge is 0.128 e. The van der Waals surface area contributed by atoms with Gasteiger partial charge in [0, 0.05) is 20.2 Å². The minimum absolute atomic E-state index is 0.464. The molecule has 2 rings (SSSR count). The number of likely N-dealkylation sites (N-methyl/N-ethyl adjacent to an activating group) is 1. The maximum absolute atomic E-state index is 5.44. The molecule has 1 atom stereocenters. The highest BCUT2D eigenvalue weighted by molar-refractivity contribution is 5.39. The predicted octanol–water partition coefficient (Wildman–Crippen LogP) is 2.05. The van der Waals surface area contributed by atoms with Crippen LogP contribution in [0.5, 0.6) is 0 Å². The number of nitrogens with zero attached hydrogens (tertiary/aromatic N) is 2. The molecule has 4 heteroatoms. The summed E-state index contributed by atoms with van der Waals surface area (Å²) in [5, 5.41) is 3.43. The van der Waals surface area contributed by atoms with Crippen molar-refractivity contribution in [2.75, 3.05) is 31.7 Å². The molecule has 106 valence electrons. The Morgan fingerprint density at radius 1 is 1.47 bits per heavy atom. The standard InChI is InChI=1S/C15H25N3O/c1-12(2)9-16-10-13-5-4-6-15(17-13)18(3)14-7-8-19-11-14/h4-6,12,14,16H,7-11H2,1-3H3. The van der Waals surface area contributed by atoms with Crippen LogP contribution in [0.2, 0.25) is 0 Å². The third kappa shape index (κ3) is 4.18. The highest BCUT2D eigenvalue weighted by Crippen LogP contribution is 2.18. The molecule has 4 nitrogen and oxygen atoms in total. The van der Waals surface area contributed by atoms with Gasteiger partial charge in [-0.1, -0.05) is 19.9 Å². The first kappa shape index (κ1) is 14.3. The quantitative estimate of drug-likeness (QED) is 0.852. The number of pyridine rings is 1. The number of hydrogen-bond donors (Lipinski definition) is 1. The molecule has 2 heterocycles. The van der Waals surface area contributed by atoms with E-state index in [4.69, 9.17) is 9.72 Å². The third-order valence-electron chi connectivity index (χ3n) is 3.47. The van der Waals surface area contributed by atoms with Crippen LogP contribution in [0, 0.1) is 5.92 Å². The zero-order valence-electron chi connectivity index (χ0n) is 12.2. The van der Waals surface area contributed by atoms with E-state index >= 15 is 0 Å². The maximum atomic E-state index is 5.44. The number of nitrogens with one attached hydrogen (secondary N) is 1. The molecule has 1 aliphatic rings. The fraction of sp³-hybridized carbons (Fsp3) is 0.667. The predicted molar refractivity (Wildman–Crippen MR) is 78.4 cm³/mol. The maximum Gasteiger partial charge on any atom is 0.128 e. The van der Waals surface area contributed by atoms with E-state index in [1.54, 1.807) is 0 Å². The van der Waals surface area contributed by atoms with Gasteiger partial charge in [0.15, 0.2) is 0 Å². The van der Waals surface area contributed by atoms with E-state index in [1.807, 2.05) is 0 Å². The van der Waals surface area contributed by atoms with Crippen molar-refractivity contribution in [3.8, 4) is 0 Å². The summed E-state index contributed by atoms with van der Waals surface area (Å²) in [7, 11) is 2.10. The molecule has 0 radical (unpaired) electrons. The van der Waals surface area contributed by atoms with Crippen molar-refractivity contribution in [3.63, 3.8) is 0 Å². The van der Waals surface area contributed by atoms with E-state index in [0.29, 0.717) is 12.0 Å². The second kappa shape index (κ2) is 6.87. The Morgan fingerprint density at radius 2 is 2.32 bits per heavy atom. The fourth-order valence-electron chi connectivity index (χ4n) is 2.27. The SMILES string of the molecule is CC(C)CNCc1cccc(N(C)C2CCOC2)n1. The summed E-state index contributed by atoms with van der Waals surface area (Å²) in [6, 6.07) is 6.70. The molecule has 0 bridgehead atoms. The number of hydrogen-bond acceptors (Lipinski definition) is 4. The first-order chi connectivity index (χ1) is 9.16. The van der Waals surface area contributed by atoms with Crippen LogP contribution in [-0.4, -0.2) is 37.8 Å². The molecular weight excluding hydrogens is 238 g/mol. The van der Waals surface area contributed by atoms with Gasteiger partial charge in [-0.3, -0.25) is 0 Å². The summed E-state index contributed by atoms with van der Waals surface area (Å²) >= 11 is 0. The number of ether oxygens (including phenoxy) is 1. The lowest BCUT2D eigenvalue weighted by Gasteiger charge is -2.24. The topological polar surface area (TPSA) is 37.4 Å². The molecule has 0 spiro atoms. The second-order valence-electron chi connectivity index (χ2n) is 5.64. The van der Waals surface area contributed by atoms with Crippen LogP contribution in [0.3, 0.4) is 0 Å². The summed E-state index contributed by atoms with van der Waals surface area (Å²) in [5.41, 5.74) is 1.10. The van der Waals surface area contributed by atoms with Crippen LogP contribution in [0.15, 0.2) is 18.2 Å². The highest BCUT2D eigenvalue weighted by Gasteiger charge is 2.21. The Morgan fingerprint density at radius 3 is 3.00 bits per heavy atom. The Kier molecular flexibility index (Phi) is 5.16. The van der Waals surface area contributed by atoms with Crippen molar-refractivity contribution in [2.45, 2.75) is 32.9 Å². The van der Waals surface area contributed by atoms with Crippen LogP contribution in [0.4, 0.5) is 5.82 Å². The lowest BCUT2D eigenvalue weighted by atomic mass is 10.2. The van der Waals surface area contributed by atoms with Gasteiger partial charge in [0.1, 0.15) is 5.82 Å². The van der Waals surface area contributed by atoms with Crippen molar-refractivity contribution in [3.05, 3.63) is 23.9 Å². The number of anilines is 1. The lowest BCUT2D eigenvalue weighted by Crippen LogP contribution is -2.32. The summed E-state index contributed by atoms with van der Waals surface area (Å²) in [5.74, 6) is 1.71. The van der Waals surface area contributed by atoms with E-state index < -0.39 is 0 Å². The zero-order valence-corrected chi connectivity index (χ0v) is 12.2. The van der Waals surface area contributed by atoms with E-state index in [0.717, 1.165) is 44.2 Å². The van der Waals surface area contributed by atoms with Gasteiger partial charge in [-0.05, 0) is 31.0 Å². The third-order valence-corrected chi connectivity index (χ3v) is 3.47.